The Hall–Kier alpha value is -1.72. The summed E-state index contributed by atoms with van der Waals surface area (Å²) in [5.74, 6) is 0.816. The summed E-state index contributed by atoms with van der Waals surface area (Å²) in [5.41, 5.74) is 0.738. The van der Waals surface area contributed by atoms with E-state index in [0.29, 0.717) is 51.7 Å². The fourth-order valence-electron chi connectivity index (χ4n) is 5.55. The van der Waals surface area contributed by atoms with Gasteiger partial charge in [-0.15, -0.1) is 0 Å². The molecule has 36 heavy (non-hydrogen) atoms. The second-order valence-electron chi connectivity index (χ2n) is 11.1. The highest BCUT2D eigenvalue weighted by molar-refractivity contribution is 7.89. The molecule has 2 saturated heterocycles. The molecular weight excluding hydrogens is 482 g/mol. The molecule has 10 heteroatoms. The van der Waals surface area contributed by atoms with E-state index in [-0.39, 0.29) is 34.6 Å². The molecule has 2 fully saturated rings. The Labute approximate surface area is 215 Å². The molecule has 0 saturated carbocycles. The summed E-state index contributed by atoms with van der Waals surface area (Å²) in [6.45, 7) is 8.00. The van der Waals surface area contributed by atoms with Crippen LogP contribution < -0.4 is 9.46 Å². The molecule has 4 rings (SSSR count). The van der Waals surface area contributed by atoms with Crippen molar-refractivity contribution in [1.29, 1.82) is 0 Å². The SMILES string of the molecule is CC(C)c1ccc2c(c1)OCC1(CCN(C(=O)C3CCOCC3)CC1)CN(C)CC(O)CNS2(=O)=O. The van der Waals surface area contributed by atoms with Crippen LogP contribution in [0.15, 0.2) is 23.1 Å². The lowest BCUT2D eigenvalue weighted by molar-refractivity contribution is -0.141. The molecule has 0 aromatic heterocycles. The van der Waals surface area contributed by atoms with Gasteiger partial charge in [0.1, 0.15) is 10.6 Å². The summed E-state index contributed by atoms with van der Waals surface area (Å²) in [7, 11) is -1.91. The van der Waals surface area contributed by atoms with Gasteiger partial charge in [0, 0.05) is 57.3 Å². The molecule has 3 aliphatic heterocycles. The van der Waals surface area contributed by atoms with Gasteiger partial charge in [0.25, 0.3) is 0 Å². The second-order valence-corrected chi connectivity index (χ2v) is 12.8. The molecule has 1 spiro atoms. The van der Waals surface area contributed by atoms with Crippen LogP contribution >= 0.6 is 0 Å². The number of likely N-dealkylation sites (N-methyl/N-ethyl adjacent to an activating group) is 1. The third-order valence-corrected chi connectivity index (χ3v) is 9.26. The first kappa shape index (κ1) is 27.3. The van der Waals surface area contributed by atoms with Gasteiger partial charge < -0.3 is 24.4 Å². The van der Waals surface area contributed by atoms with Gasteiger partial charge in [0.05, 0.1) is 12.7 Å². The number of rotatable bonds is 2. The van der Waals surface area contributed by atoms with Crippen molar-refractivity contribution in [3.63, 3.8) is 0 Å². The molecule has 3 heterocycles. The second kappa shape index (κ2) is 11.3. The molecule has 0 aliphatic carbocycles. The number of hydrogen-bond acceptors (Lipinski definition) is 7. The lowest BCUT2D eigenvalue weighted by Crippen LogP contribution is -2.52. The van der Waals surface area contributed by atoms with Crippen LogP contribution in [0.2, 0.25) is 0 Å². The predicted molar refractivity (Wildman–Crippen MR) is 137 cm³/mol. The number of hydrogen-bond donors (Lipinski definition) is 2. The third-order valence-electron chi connectivity index (χ3n) is 7.80. The highest BCUT2D eigenvalue weighted by atomic mass is 32.2. The number of carbonyl (C=O) groups is 1. The van der Waals surface area contributed by atoms with E-state index in [1.54, 1.807) is 6.07 Å². The number of carbonyl (C=O) groups excluding carboxylic acids is 1. The summed E-state index contributed by atoms with van der Waals surface area (Å²) in [4.78, 5) is 17.2. The van der Waals surface area contributed by atoms with Gasteiger partial charge in [-0.1, -0.05) is 19.9 Å². The van der Waals surface area contributed by atoms with Crippen LogP contribution in [0.3, 0.4) is 0 Å². The van der Waals surface area contributed by atoms with Crippen molar-refractivity contribution in [3.8, 4) is 5.75 Å². The largest absolute Gasteiger partial charge is 0.492 e. The van der Waals surface area contributed by atoms with Gasteiger partial charge >= 0.3 is 0 Å². The topological polar surface area (TPSA) is 108 Å². The van der Waals surface area contributed by atoms with E-state index in [1.165, 1.54) is 0 Å². The number of piperidine rings is 1. The normalized spacial score (nSPS) is 26.0. The number of ether oxygens (including phenoxy) is 2. The Kier molecular flexibility index (Phi) is 8.61. The van der Waals surface area contributed by atoms with Crippen LogP contribution in [-0.4, -0.2) is 94.9 Å². The minimum Gasteiger partial charge on any atom is -0.492 e. The highest BCUT2D eigenvalue weighted by Crippen LogP contribution is 2.37. The quantitative estimate of drug-likeness (QED) is 0.609. The molecular formula is C26H41N3O6S. The number of nitrogens with one attached hydrogen (secondary N) is 1. The van der Waals surface area contributed by atoms with E-state index in [2.05, 4.69) is 18.6 Å². The van der Waals surface area contributed by atoms with Crippen LogP contribution in [0.4, 0.5) is 0 Å². The number of sulfonamides is 1. The summed E-state index contributed by atoms with van der Waals surface area (Å²) >= 11 is 0. The Morgan fingerprint density at radius 1 is 1.19 bits per heavy atom. The zero-order valence-corrected chi connectivity index (χ0v) is 22.6. The minimum absolute atomic E-state index is 0.0391. The summed E-state index contributed by atoms with van der Waals surface area (Å²) in [5, 5.41) is 10.5. The van der Waals surface area contributed by atoms with Crippen LogP contribution in [-0.2, 0) is 19.6 Å². The number of β-amino-alcohol motifs (C(OH)–C–C–N with tert-alkyl or cyclic N) is 1. The first-order valence-corrected chi connectivity index (χ1v) is 14.6. The first-order valence-electron chi connectivity index (χ1n) is 13.1. The lowest BCUT2D eigenvalue weighted by atomic mass is 9.78. The van der Waals surface area contributed by atoms with Crippen molar-refractivity contribution in [2.45, 2.75) is 56.4 Å². The Bertz CT molecular complexity index is 1020. The van der Waals surface area contributed by atoms with E-state index >= 15 is 0 Å². The molecule has 3 aliphatic rings. The molecule has 0 bridgehead atoms. The van der Waals surface area contributed by atoms with Crippen LogP contribution in [0.5, 0.6) is 5.75 Å². The van der Waals surface area contributed by atoms with E-state index < -0.39 is 16.1 Å². The van der Waals surface area contributed by atoms with E-state index in [1.807, 2.05) is 29.0 Å². The zero-order chi connectivity index (χ0) is 25.9. The zero-order valence-electron chi connectivity index (χ0n) is 21.7. The summed E-state index contributed by atoms with van der Waals surface area (Å²) < 4.78 is 40.5. The molecule has 9 nitrogen and oxygen atoms in total. The van der Waals surface area contributed by atoms with Gasteiger partial charge in [-0.25, -0.2) is 13.1 Å². The molecule has 1 aromatic rings. The number of amides is 1. The molecule has 0 radical (unpaired) electrons. The average Bonchev–Trinajstić information content (AvgIpc) is 2.86. The number of likely N-dealkylation sites (tertiary alicyclic amines) is 1. The Morgan fingerprint density at radius 3 is 2.56 bits per heavy atom. The van der Waals surface area contributed by atoms with Gasteiger partial charge in [-0.3, -0.25) is 4.79 Å². The molecule has 1 amide bonds. The van der Waals surface area contributed by atoms with Gasteiger partial charge in [-0.05, 0) is 56.3 Å². The van der Waals surface area contributed by atoms with Crippen LogP contribution in [0.25, 0.3) is 0 Å². The average molecular weight is 524 g/mol. The third kappa shape index (κ3) is 6.39. The van der Waals surface area contributed by atoms with Crippen molar-refractivity contribution in [3.05, 3.63) is 23.8 Å². The fraction of sp³-hybridized carbons (Fsp3) is 0.731. The predicted octanol–water partition coefficient (Wildman–Crippen LogP) is 1.81. The summed E-state index contributed by atoms with van der Waals surface area (Å²) in [6.07, 6.45) is 2.23. The number of aliphatic hydroxyl groups is 1. The van der Waals surface area contributed by atoms with Crippen molar-refractivity contribution in [1.82, 2.24) is 14.5 Å². The van der Waals surface area contributed by atoms with Crippen LogP contribution in [0.1, 0.15) is 51.0 Å². The molecule has 1 atom stereocenters. The van der Waals surface area contributed by atoms with Gasteiger partial charge in [0.15, 0.2) is 0 Å². The lowest BCUT2D eigenvalue weighted by Gasteiger charge is -2.44. The number of fused-ring (bicyclic) bond motifs is 1. The van der Waals surface area contributed by atoms with Gasteiger partial charge in [-0.2, -0.15) is 0 Å². The van der Waals surface area contributed by atoms with E-state index in [4.69, 9.17) is 9.47 Å². The number of benzene rings is 1. The van der Waals surface area contributed by atoms with Crippen LogP contribution in [0, 0.1) is 11.3 Å². The minimum atomic E-state index is -3.85. The fourth-order valence-corrected chi connectivity index (χ4v) is 6.74. The molecule has 202 valence electrons. The first-order chi connectivity index (χ1) is 17.1. The smallest absolute Gasteiger partial charge is 0.244 e. The van der Waals surface area contributed by atoms with E-state index in [0.717, 1.165) is 31.2 Å². The monoisotopic (exact) mass is 523 g/mol. The maximum atomic E-state index is 13.1. The van der Waals surface area contributed by atoms with Crippen molar-refractivity contribution in [2.24, 2.45) is 11.3 Å². The standard InChI is InChI=1S/C26H41N3O6S/c1-19(2)21-4-5-24-23(14-21)35-18-26(17-28(3)16-22(30)15-27-36(24,32)33)8-10-29(11-9-26)25(31)20-6-12-34-13-7-20/h4-5,14,19-20,22,27,30H,6-13,15-18H2,1-3H3. The Morgan fingerprint density at radius 2 is 1.89 bits per heavy atom. The maximum Gasteiger partial charge on any atom is 0.244 e. The van der Waals surface area contributed by atoms with Crippen molar-refractivity contribution < 1.29 is 27.8 Å². The highest BCUT2D eigenvalue weighted by Gasteiger charge is 2.40. The molecule has 2 N–H and O–H groups in total. The van der Waals surface area contributed by atoms with Gasteiger partial charge in [0.2, 0.25) is 15.9 Å². The Balaban J connectivity index is 1.57. The van der Waals surface area contributed by atoms with Crippen molar-refractivity contribution >= 4 is 15.9 Å². The number of nitrogens with zero attached hydrogens (tertiary/aromatic N) is 2. The number of aliphatic hydroxyl groups excluding tert-OH is 1. The molecule has 1 unspecified atom stereocenters. The van der Waals surface area contributed by atoms with E-state index in [9.17, 15) is 18.3 Å². The van der Waals surface area contributed by atoms with Crippen molar-refractivity contribution in [2.75, 3.05) is 59.6 Å². The summed E-state index contributed by atoms with van der Waals surface area (Å²) in [6, 6.07) is 5.24. The molecule has 1 aromatic carbocycles. The maximum absolute atomic E-state index is 13.1.